The normalized spacial score (nSPS) is 13.1. The van der Waals surface area contributed by atoms with Crippen LogP contribution in [-0.4, -0.2) is 11.0 Å². The highest BCUT2D eigenvalue weighted by Gasteiger charge is 2.10. The lowest BCUT2D eigenvalue weighted by Gasteiger charge is -2.20. The van der Waals surface area contributed by atoms with Crippen LogP contribution < -0.4 is 5.32 Å². The molecule has 2 heteroatoms. The zero-order valence-electron chi connectivity index (χ0n) is 9.33. The second-order valence-corrected chi connectivity index (χ2v) is 3.95. The topological polar surface area (TPSA) is 24.9 Å². The Labute approximate surface area is 86.8 Å². The molecule has 1 unspecified atom stereocenters. The lowest BCUT2D eigenvalue weighted by molar-refractivity contribution is 0.447. The Bertz CT molecular complexity index is 244. The Hall–Kier alpha value is -0.890. The Morgan fingerprint density at radius 3 is 2.71 bits per heavy atom. The standard InChI is InChI=1S/C12H20N2/c1-4-6-12(14-10(2)3)11-7-5-8-13-9-11/h5,7-10,12,14H,4,6H2,1-3H3. The predicted octanol–water partition coefficient (Wildman–Crippen LogP) is 2.92. The molecule has 1 aromatic heterocycles. The largest absolute Gasteiger partial charge is 0.308 e. The number of rotatable bonds is 5. The highest BCUT2D eigenvalue weighted by molar-refractivity contribution is 5.13. The van der Waals surface area contributed by atoms with Crippen molar-refractivity contribution in [2.75, 3.05) is 0 Å². The molecule has 0 aromatic carbocycles. The predicted molar refractivity (Wildman–Crippen MR) is 60.2 cm³/mol. The Morgan fingerprint density at radius 2 is 2.21 bits per heavy atom. The average molecular weight is 192 g/mol. The van der Waals surface area contributed by atoms with E-state index in [1.54, 1.807) is 0 Å². The smallest absolute Gasteiger partial charge is 0.0337 e. The van der Waals surface area contributed by atoms with E-state index in [0.717, 1.165) is 0 Å². The minimum absolute atomic E-state index is 0.452. The van der Waals surface area contributed by atoms with Crippen LogP contribution in [0, 0.1) is 0 Å². The molecule has 1 rings (SSSR count). The first-order valence-corrected chi connectivity index (χ1v) is 5.40. The summed E-state index contributed by atoms with van der Waals surface area (Å²) < 4.78 is 0. The van der Waals surface area contributed by atoms with Crippen molar-refractivity contribution in [1.29, 1.82) is 0 Å². The number of aromatic nitrogens is 1. The van der Waals surface area contributed by atoms with Crippen LogP contribution in [0.2, 0.25) is 0 Å². The molecule has 0 aliphatic heterocycles. The summed E-state index contributed by atoms with van der Waals surface area (Å²) in [6, 6.07) is 5.11. The number of hydrogen-bond donors (Lipinski definition) is 1. The third-order valence-electron chi connectivity index (χ3n) is 2.20. The third kappa shape index (κ3) is 3.46. The second-order valence-electron chi connectivity index (χ2n) is 3.95. The van der Waals surface area contributed by atoms with Crippen molar-refractivity contribution in [2.45, 2.75) is 45.7 Å². The molecule has 14 heavy (non-hydrogen) atoms. The molecule has 0 fully saturated rings. The number of nitrogens with one attached hydrogen (secondary N) is 1. The van der Waals surface area contributed by atoms with Crippen molar-refractivity contribution >= 4 is 0 Å². The molecule has 0 saturated carbocycles. The maximum absolute atomic E-state index is 4.16. The highest BCUT2D eigenvalue weighted by Crippen LogP contribution is 2.17. The fourth-order valence-electron chi connectivity index (χ4n) is 1.62. The molecule has 0 aliphatic carbocycles. The lowest BCUT2D eigenvalue weighted by Crippen LogP contribution is -2.28. The van der Waals surface area contributed by atoms with Gasteiger partial charge in [0.1, 0.15) is 0 Å². The maximum Gasteiger partial charge on any atom is 0.0337 e. The summed E-state index contributed by atoms with van der Waals surface area (Å²) in [5.74, 6) is 0. The van der Waals surface area contributed by atoms with E-state index in [0.29, 0.717) is 12.1 Å². The molecule has 0 amide bonds. The van der Waals surface area contributed by atoms with Crippen LogP contribution in [-0.2, 0) is 0 Å². The van der Waals surface area contributed by atoms with Gasteiger partial charge in [0.05, 0.1) is 0 Å². The molecule has 0 bridgehead atoms. The molecule has 0 radical (unpaired) electrons. The van der Waals surface area contributed by atoms with E-state index < -0.39 is 0 Å². The number of pyridine rings is 1. The molecular weight excluding hydrogens is 172 g/mol. The van der Waals surface area contributed by atoms with Gasteiger partial charge in [-0.25, -0.2) is 0 Å². The van der Waals surface area contributed by atoms with E-state index >= 15 is 0 Å². The summed E-state index contributed by atoms with van der Waals surface area (Å²) in [4.78, 5) is 4.16. The van der Waals surface area contributed by atoms with Crippen LogP contribution in [0.25, 0.3) is 0 Å². The van der Waals surface area contributed by atoms with Gasteiger partial charge in [-0.3, -0.25) is 4.98 Å². The van der Waals surface area contributed by atoms with Gasteiger partial charge < -0.3 is 5.32 Å². The van der Waals surface area contributed by atoms with Gasteiger partial charge >= 0.3 is 0 Å². The van der Waals surface area contributed by atoms with E-state index in [1.807, 2.05) is 18.5 Å². The van der Waals surface area contributed by atoms with E-state index in [-0.39, 0.29) is 0 Å². The van der Waals surface area contributed by atoms with E-state index in [2.05, 4.69) is 37.1 Å². The van der Waals surface area contributed by atoms with Crippen molar-refractivity contribution in [2.24, 2.45) is 0 Å². The van der Waals surface area contributed by atoms with Crippen molar-refractivity contribution < 1.29 is 0 Å². The summed E-state index contributed by atoms with van der Waals surface area (Å²) >= 11 is 0. The minimum atomic E-state index is 0.452. The highest BCUT2D eigenvalue weighted by atomic mass is 14.9. The van der Waals surface area contributed by atoms with Crippen molar-refractivity contribution in [3.63, 3.8) is 0 Å². The first-order valence-electron chi connectivity index (χ1n) is 5.40. The molecule has 2 nitrogen and oxygen atoms in total. The van der Waals surface area contributed by atoms with Crippen LogP contribution in [0.15, 0.2) is 24.5 Å². The molecule has 1 N–H and O–H groups in total. The fraction of sp³-hybridized carbons (Fsp3) is 0.583. The first kappa shape index (κ1) is 11.2. The molecule has 0 spiro atoms. The van der Waals surface area contributed by atoms with Crippen molar-refractivity contribution in [3.05, 3.63) is 30.1 Å². The summed E-state index contributed by atoms with van der Waals surface area (Å²) in [6.07, 6.45) is 6.14. The molecule has 78 valence electrons. The molecule has 0 saturated heterocycles. The number of nitrogens with zero attached hydrogens (tertiary/aromatic N) is 1. The van der Waals surface area contributed by atoms with Crippen LogP contribution in [0.5, 0.6) is 0 Å². The summed E-state index contributed by atoms with van der Waals surface area (Å²) in [7, 11) is 0. The van der Waals surface area contributed by atoms with Gasteiger partial charge in [-0.2, -0.15) is 0 Å². The van der Waals surface area contributed by atoms with Crippen LogP contribution >= 0.6 is 0 Å². The van der Waals surface area contributed by atoms with Gasteiger partial charge in [-0.15, -0.1) is 0 Å². The van der Waals surface area contributed by atoms with Gasteiger partial charge in [0.2, 0.25) is 0 Å². The Morgan fingerprint density at radius 1 is 1.43 bits per heavy atom. The van der Waals surface area contributed by atoms with Gasteiger partial charge in [0.25, 0.3) is 0 Å². The zero-order chi connectivity index (χ0) is 10.4. The van der Waals surface area contributed by atoms with E-state index in [9.17, 15) is 0 Å². The Balaban J connectivity index is 2.67. The van der Waals surface area contributed by atoms with Gasteiger partial charge in [-0.1, -0.05) is 33.3 Å². The lowest BCUT2D eigenvalue weighted by atomic mass is 10.0. The summed E-state index contributed by atoms with van der Waals surface area (Å²) in [5, 5.41) is 3.56. The van der Waals surface area contributed by atoms with E-state index in [1.165, 1.54) is 18.4 Å². The van der Waals surface area contributed by atoms with Gasteiger partial charge in [0.15, 0.2) is 0 Å². The molecule has 1 aromatic rings. The molecule has 1 atom stereocenters. The zero-order valence-corrected chi connectivity index (χ0v) is 9.33. The van der Waals surface area contributed by atoms with Crippen molar-refractivity contribution in [3.8, 4) is 0 Å². The SMILES string of the molecule is CCCC(NC(C)C)c1cccnc1. The minimum Gasteiger partial charge on any atom is -0.308 e. The quantitative estimate of drug-likeness (QED) is 0.776. The summed E-state index contributed by atoms with van der Waals surface area (Å²) in [6.45, 7) is 6.57. The van der Waals surface area contributed by atoms with Crippen LogP contribution in [0.3, 0.4) is 0 Å². The van der Waals surface area contributed by atoms with Crippen LogP contribution in [0.4, 0.5) is 0 Å². The monoisotopic (exact) mass is 192 g/mol. The first-order chi connectivity index (χ1) is 6.74. The fourth-order valence-corrected chi connectivity index (χ4v) is 1.62. The maximum atomic E-state index is 4.16. The molecular formula is C12H20N2. The Kier molecular flexibility index (Phi) is 4.60. The van der Waals surface area contributed by atoms with E-state index in [4.69, 9.17) is 0 Å². The average Bonchev–Trinajstić information content (AvgIpc) is 2.18. The number of hydrogen-bond acceptors (Lipinski definition) is 2. The molecule has 1 heterocycles. The molecule has 0 aliphatic rings. The van der Waals surface area contributed by atoms with Crippen molar-refractivity contribution in [1.82, 2.24) is 10.3 Å². The summed E-state index contributed by atoms with van der Waals surface area (Å²) in [5.41, 5.74) is 1.29. The van der Waals surface area contributed by atoms with Crippen LogP contribution in [0.1, 0.15) is 45.2 Å². The second kappa shape index (κ2) is 5.76. The van der Waals surface area contributed by atoms with Gasteiger partial charge in [0, 0.05) is 24.5 Å². The third-order valence-corrected chi connectivity index (χ3v) is 2.20. The van der Waals surface area contributed by atoms with Gasteiger partial charge in [-0.05, 0) is 18.1 Å².